The average Bonchev–Trinajstić information content (AvgIpc) is 2.86. The third kappa shape index (κ3) is 1.78. The number of hydrogen-bond donors (Lipinski definition) is 1. The quantitative estimate of drug-likeness (QED) is 0.753. The van der Waals surface area contributed by atoms with Gasteiger partial charge < -0.3 is 5.73 Å². The fraction of sp³-hybridized carbons (Fsp3) is 0.167. The molecule has 2 heterocycles. The highest BCUT2D eigenvalue weighted by molar-refractivity contribution is 7.09. The van der Waals surface area contributed by atoms with E-state index < -0.39 is 0 Å². The number of fused-ring (bicyclic) bond motifs is 1. The van der Waals surface area contributed by atoms with Crippen molar-refractivity contribution in [3.8, 4) is 0 Å². The maximum Gasteiger partial charge on any atom is 0.153 e. The number of rotatable bonds is 2. The lowest BCUT2D eigenvalue weighted by Crippen LogP contribution is -2.01. The predicted molar refractivity (Wildman–Crippen MR) is 70.1 cm³/mol. The highest BCUT2D eigenvalue weighted by Crippen LogP contribution is 2.21. The molecule has 0 aliphatic rings. The number of anilines is 1. The Morgan fingerprint density at radius 1 is 1.35 bits per heavy atom. The van der Waals surface area contributed by atoms with Gasteiger partial charge in [-0.2, -0.15) is 5.10 Å². The first-order valence-electron chi connectivity index (χ1n) is 5.36. The van der Waals surface area contributed by atoms with Crippen molar-refractivity contribution in [2.45, 2.75) is 13.5 Å². The van der Waals surface area contributed by atoms with Crippen molar-refractivity contribution in [1.29, 1.82) is 0 Å². The van der Waals surface area contributed by atoms with Gasteiger partial charge in [0.15, 0.2) is 5.82 Å². The Bertz CT molecular complexity index is 668. The number of nitrogens with two attached hydrogens (primary N) is 1. The molecule has 2 N–H and O–H groups in total. The summed E-state index contributed by atoms with van der Waals surface area (Å²) in [7, 11) is 0. The molecule has 3 rings (SSSR count). The Hall–Kier alpha value is -1.88. The maximum atomic E-state index is 5.89. The van der Waals surface area contributed by atoms with Crippen LogP contribution < -0.4 is 5.73 Å². The average molecular weight is 244 g/mol. The highest BCUT2D eigenvalue weighted by atomic mass is 32.1. The minimum atomic E-state index is 0.578. The van der Waals surface area contributed by atoms with E-state index in [1.807, 2.05) is 41.3 Å². The van der Waals surface area contributed by atoms with Crippen molar-refractivity contribution < 1.29 is 0 Å². The fourth-order valence-electron chi connectivity index (χ4n) is 1.88. The van der Waals surface area contributed by atoms with Crippen LogP contribution in [-0.2, 0) is 6.54 Å². The first-order chi connectivity index (χ1) is 8.24. The van der Waals surface area contributed by atoms with Crippen LogP contribution in [0.15, 0.2) is 29.6 Å². The lowest BCUT2D eigenvalue weighted by Gasteiger charge is -1.99. The molecule has 0 amide bonds. The zero-order chi connectivity index (χ0) is 11.8. The van der Waals surface area contributed by atoms with Crippen molar-refractivity contribution >= 4 is 28.1 Å². The topological polar surface area (TPSA) is 56.7 Å². The van der Waals surface area contributed by atoms with Crippen LogP contribution >= 0.6 is 11.3 Å². The first-order valence-corrected chi connectivity index (χ1v) is 6.24. The summed E-state index contributed by atoms with van der Waals surface area (Å²) in [4.78, 5) is 4.44. The smallest absolute Gasteiger partial charge is 0.153 e. The molecule has 0 fully saturated rings. The van der Waals surface area contributed by atoms with E-state index in [9.17, 15) is 0 Å². The van der Waals surface area contributed by atoms with Crippen LogP contribution in [0.25, 0.3) is 10.9 Å². The Kier molecular flexibility index (Phi) is 2.33. The Morgan fingerprint density at radius 3 is 2.94 bits per heavy atom. The molecule has 2 aromatic heterocycles. The zero-order valence-corrected chi connectivity index (χ0v) is 10.2. The van der Waals surface area contributed by atoms with Gasteiger partial charge in [0.05, 0.1) is 12.1 Å². The molecule has 0 saturated heterocycles. The summed E-state index contributed by atoms with van der Waals surface area (Å²) in [5.74, 6) is 0.578. The van der Waals surface area contributed by atoms with E-state index in [1.165, 1.54) is 0 Å². The zero-order valence-electron chi connectivity index (χ0n) is 9.42. The van der Waals surface area contributed by atoms with E-state index in [2.05, 4.69) is 10.1 Å². The third-order valence-corrected chi connectivity index (χ3v) is 3.59. The lowest BCUT2D eigenvalue weighted by atomic mass is 10.2. The van der Waals surface area contributed by atoms with Gasteiger partial charge in [-0.05, 0) is 19.1 Å². The van der Waals surface area contributed by atoms with E-state index in [4.69, 9.17) is 5.73 Å². The van der Waals surface area contributed by atoms with Crippen molar-refractivity contribution in [3.63, 3.8) is 0 Å². The van der Waals surface area contributed by atoms with Gasteiger partial charge in [0.2, 0.25) is 0 Å². The molecular formula is C12H12N4S. The van der Waals surface area contributed by atoms with Crippen LogP contribution in [0.5, 0.6) is 0 Å². The van der Waals surface area contributed by atoms with E-state index in [-0.39, 0.29) is 0 Å². The third-order valence-electron chi connectivity index (χ3n) is 2.64. The number of thiazole rings is 1. The molecule has 17 heavy (non-hydrogen) atoms. The van der Waals surface area contributed by atoms with Gasteiger partial charge in [0.1, 0.15) is 5.01 Å². The molecule has 0 aliphatic heterocycles. The van der Waals surface area contributed by atoms with Crippen LogP contribution in [0.3, 0.4) is 0 Å². The summed E-state index contributed by atoms with van der Waals surface area (Å²) in [5, 5.41) is 8.45. The molecule has 1 aromatic carbocycles. The normalized spacial score (nSPS) is 11.1. The minimum Gasteiger partial charge on any atom is -0.382 e. The Balaban J connectivity index is 2.06. The van der Waals surface area contributed by atoms with Crippen LogP contribution in [0, 0.1) is 6.92 Å². The number of aromatic nitrogens is 3. The molecule has 0 bridgehead atoms. The fourth-order valence-corrected chi connectivity index (χ4v) is 2.63. The molecule has 0 radical (unpaired) electrons. The molecule has 86 valence electrons. The molecule has 0 aliphatic carbocycles. The second-order valence-electron chi connectivity index (χ2n) is 3.94. The summed E-state index contributed by atoms with van der Waals surface area (Å²) in [6.45, 7) is 2.67. The number of nitrogen functional groups attached to an aromatic ring is 1. The predicted octanol–water partition coefficient (Wildman–Crippen LogP) is 2.43. The van der Waals surface area contributed by atoms with E-state index in [0.29, 0.717) is 12.4 Å². The lowest BCUT2D eigenvalue weighted by molar-refractivity contribution is 0.710. The summed E-state index contributed by atoms with van der Waals surface area (Å²) >= 11 is 1.65. The van der Waals surface area contributed by atoms with E-state index in [1.54, 1.807) is 11.3 Å². The van der Waals surface area contributed by atoms with Crippen molar-refractivity contribution in [2.24, 2.45) is 0 Å². The molecule has 0 unspecified atom stereocenters. The van der Waals surface area contributed by atoms with Crippen molar-refractivity contribution in [3.05, 3.63) is 40.3 Å². The SMILES string of the molecule is Cc1csc(Cn2nc(N)c3ccccc32)n1. The van der Waals surface area contributed by atoms with Crippen LogP contribution in [0.4, 0.5) is 5.82 Å². The van der Waals surface area contributed by atoms with Gasteiger partial charge in [-0.3, -0.25) is 4.68 Å². The monoisotopic (exact) mass is 244 g/mol. The first kappa shape index (κ1) is 10.3. The van der Waals surface area contributed by atoms with Gasteiger partial charge in [-0.15, -0.1) is 11.3 Å². The van der Waals surface area contributed by atoms with Crippen LogP contribution in [-0.4, -0.2) is 14.8 Å². The number of benzene rings is 1. The van der Waals surface area contributed by atoms with Crippen LogP contribution in [0.2, 0.25) is 0 Å². The standard InChI is InChI=1S/C12H12N4S/c1-8-7-17-11(14-8)6-16-10-5-3-2-4-9(10)12(13)15-16/h2-5,7H,6H2,1H3,(H2,13,15). The van der Waals surface area contributed by atoms with Gasteiger partial charge in [-0.25, -0.2) is 4.98 Å². The number of aryl methyl sites for hydroxylation is 1. The van der Waals surface area contributed by atoms with Crippen LogP contribution in [0.1, 0.15) is 10.7 Å². The summed E-state index contributed by atoms with van der Waals surface area (Å²) in [6, 6.07) is 7.98. The van der Waals surface area contributed by atoms with Crippen molar-refractivity contribution in [2.75, 3.05) is 5.73 Å². The highest BCUT2D eigenvalue weighted by Gasteiger charge is 2.08. The minimum absolute atomic E-state index is 0.578. The number of hydrogen-bond acceptors (Lipinski definition) is 4. The molecule has 5 heteroatoms. The molecule has 0 saturated carbocycles. The van der Waals surface area contributed by atoms with Gasteiger partial charge in [0, 0.05) is 16.5 Å². The molecule has 3 aromatic rings. The largest absolute Gasteiger partial charge is 0.382 e. The number of para-hydroxylation sites is 1. The Morgan fingerprint density at radius 2 is 2.18 bits per heavy atom. The summed E-state index contributed by atoms with van der Waals surface area (Å²) in [6.07, 6.45) is 0. The second kappa shape index (κ2) is 3.85. The summed E-state index contributed by atoms with van der Waals surface area (Å²) < 4.78 is 1.91. The molecular weight excluding hydrogens is 232 g/mol. The van der Waals surface area contributed by atoms with Crippen molar-refractivity contribution in [1.82, 2.24) is 14.8 Å². The van der Waals surface area contributed by atoms with E-state index in [0.717, 1.165) is 21.6 Å². The number of nitrogens with zero attached hydrogens (tertiary/aromatic N) is 3. The molecule has 4 nitrogen and oxygen atoms in total. The van der Waals surface area contributed by atoms with Gasteiger partial charge in [-0.1, -0.05) is 12.1 Å². The second-order valence-corrected chi connectivity index (χ2v) is 4.89. The summed E-state index contributed by atoms with van der Waals surface area (Å²) in [5.41, 5.74) is 7.99. The van der Waals surface area contributed by atoms with Gasteiger partial charge in [0.25, 0.3) is 0 Å². The molecule has 0 atom stereocenters. The van der Waals surface area contributed by atoms with Gasteiger partial charge >= 0.3 is 0 Å². The maximum absolute atomic E-state index is 5.89. The Labute approximate surface area is 103 Å². The van der Waals surface area contributed by atoms with E-state index >= 15 is 0 Å². The molecule has 0 spiro atoms.